The van der Waals surface area contributed by atoms with E-state index in [4.69, 9.17) is 4.52 Å². The highest BCUT2D eigenvalue weighted by Gasteiger charge is 2.32. The maximum atomic E-state index is 9.55. The van der Waals surface area contributed by atoms with E-state index in [1.807, 2.05) is 18.2 Å². The normalized spacial score (nSPS) is 23.1. The van der Waals surface area contributed by atoms with E-state index in [1.165, 1.54) is 0 Å². The Kier molecular flexibility index (Phi) is 3.31. The molecule has 0 amide bonds. The molecule has 1 aliphatic heterocycles. The van der Waals surface area contributed by atoms with Gasteiger partial charge in [-0.15, -0.1) is 0 Å². The Balaban J connectivity index is 1.86. The van der Waals surface area contributed by atoms with Gasteiger partial charge in [-0.2, -0.15) is 4.98 Å². The number of aromatic nitrogens is 2. The summed E-state index contributed by atoms with van der Waals surface area (Å²) >= 11 is 0. The molecule has 2 unspecified atom stereocenters. The summed E-state index contributed by atoms with van der Waals surface area (Å²) in [7, 11) is 0. The topological polar surface area (TPSA) is 71.2 Å². The Hall–Kier alpha value is -1.72. The molecule has 0 aliphatic carbocycles. The van der Waals surface area contributed by atoms with E-state index in [2.05, 4.69) is 41.4 Å². The Morgan fingerprint density at radius 3 is 2.70 bits per heavy atom. The molecule has 5 nitrogen and oxygen atoms in total. The average molecular weight is 273 g/mol. The summed E-state index contributed by atoms with van der Waals surface area (Å²) in [5.41, 5.74) is 0.840. The number of benzene rings is 1. The van der Waals surface area contributed by atoms with Crippen molar-refractivity contribution in [2.24, 2.45) is 0 Å². The first-order chi connectivity index (χ1) is 9.57. The summed E-state index contributed by atoms with van der Waals surface area (Å²) in [4.78, 5) is 4.52. The van der Waals surface area contributed by atoms with Gasteiger partial charge in [-0.1, -0.05) is 35.5 Å². The van der Waals surface area contributed by atoms with Crippen molar-refractivity contribution in [2.45, 2.75) is 37.8 Å². The summed E-state index contributed by atoms with van der Waals surface area (Å²) in [5, 5.41) is 16.9. The lowest BCUT2D eigenvalue weighted by atomic mass is 9.84. The highest BCUT2D eigenvalue weighted by molar-refractivity contribution is 5.30. The van der Waals surface area contributed by atoms with E-state index in [-0.39, 0.29) is 17.6 Å². The average Bonchev–Trinajstić information content (AvgIpc) is 3.08. The van der Waals surface area contributed by atoms with Gasteiger partial charge >= 0.3 is 0 Å². The molecule has 2 aromatic rings. The van der Waals surface area contributed by atoms with E-state index in [9.17, 15) is 5.11 Å². The summed E-state index contributed by atoms with van der Waals surface area (Å²) in [5.74, 6) is 1.22. The fourth-order valence-electron chi connectivity index (χ4n) is 2.52. The van der Waals surface area contributed by atoms with Crippen LogP contribution in [0.1, 0.15) is 43.6 Å². The standard InChI is InChI=1S/C15H19N3O2/c1-15(2,10-6-4-3-5-7-10)14-17-13(20-18-14)12-8-11(19)9-16-12/h3-7,11-12,16,19H,8-9H2,1-2H3. The van der Waals surface area contributed by atoms with Gasteiger partial charge in [0, 0.05) is 6.54 Å². The monoisotopic (exact) mass is 273 g/mol. The van der Waals surface area contributed by atoms with Gasteiger partial charge < -0.3 is 14.9 Å². The number of aliphatic hydroxyl groups is 1. The first-order valence-electron chi connectivity index (χ1n) is 6.88. The quantitative estimate of drug-likeness (QED) is 0.892. The van der Waals surface area contributed by atoms with Crippen LogP contribution < -0.4 is 5.32 Å². The van der Waals surface area contributed by atoms with Crippen molar-refractivity contribution < 1.29 is 9.63 Å². The fraction of sp³-hybridized carbons (Fsp3) is 0.467. The zero-order chi connectivity index (χ0) is 14.2. The number of aliphatic hydroxyl groups excluding tert-OH is 1. The molecule has 3 rings (SSSR count). The number of β-amino-alcohol motifs (C(OH)–C–C–N with tert-alkyl or cyclic N) is 1. The van der Waals surface area contributed by atoms with E-state index in [1.54, 1.807) is 0 Å². The second kappa shape index (κ2) is 5.00. The van der Waals surface area contributed by atoms with Crippen molar-refractivity contribution >= 4 is 0 Å². The predicted octanol–water partition coefficient (Wildman–Crippen LogP) is 1.79. The minimum atomic E-state index is -0.336. The Bertz CT molecular complexity index is 580. The van der Waals surface area contributed by atoms with Crippen LogP contribution in [0.2, 0.25) is 0 Å². The van der Waals surface area contributed by atoms with Crippen molar-refractivity contribution in [2.75, 3.05) is 6.54 Å². The first-order valence-corrected chi connectivity index (χ1v) is 6.88. The van der Waals surface area contributed by atoms with Crippen LogP contribution in [-0.4, -0.2) is 27.9 Å². The van der Waals surface area contributed by atoms with Gasteiger partial charge in [0.25, 0.3) is 0 Å². The van der Waals surface area contributed by atoms with Crippen molar-refractivity contribution in [3.63, 3.8) is 0 Å². The van der Waals surface area contributed by atoms with Gasteiger partial charge in [0.2, 0.25) is 5.89 Å². The molecule has 2 heterocycles. The Labute approximate surface area is 118 Å². The van der Waals surface area contributed by atoms with E-state index in [0.29, 0.717) is 24.7 Å². The van der Waals surface area contributed by atoms with Crippen molar-refractivity contribution in [1.29, 1.82) is 0 Å². The minimum Gasteiger partial charge on any atom is -0.392 e. The molecular formula is C15H19N3O2. The van der Waals surface area contributed by atoms with Crippen LogP contribution in [0.15, 0.2) is 34.9 Å². The van der Waals surface area contributed by atoms with Gasteiger partial charge in [0.15, 0.2) is 5.82 Å². The van der Waals surface area contributed by atoms with Crippen molar-refractivity contribution in [3.05, 3.63) is 47.6 Å². The van der Waals surface area contributed by atoms with Gasteiger partial charge in [0.1, 0.15) is 0 Å². The second-order valence-corrected chi connectivity index (χ2v) is 5.80. The predicted molar refractivity (Wildman–Crippen MR) is 74.2 cm³/mol. The maximum Gasteiger partial charge on any atom is 0.243 e. The highest BCUT2D eigenvalue weighted by atomic mass is 16.5. The molecule has 0 spiro atoms. The lowest BCUT2D eigenvalue weighted by Crippen LogP contribution is -2.21. The second-order valence-electron chi connectivity index (χ2n) is 5.80. The molecule has 2 N–H and O–H groups in total. The lowest BCUT2D eigenvalue weighted by Gasteiger charge is -2.20. The minimum absolute atomic E-state index is 0.0437. The molecule has 106 valence electrons. The molecule has 20 heavy (non-hydrogen) atoms. The van der Waals surface area contributed by atoms with Crippen LogP contribution in [0.5, 0.6) is 0 Å². The molecule has 1 aliphatic rings. The molecule has 0 radical (unpaired) electrons. The van der Waals surface area contributed by atoms with Crippen LogP contribution >= 0.6 is 0 Å². The summed E-state index contributed by atoms with van der Waals surface area (Å²) in [6, 6.07) is 10.1. The van der Waals surface area contributed by atoms with Crippen molar-refractivity contribution in [3.8, 4) is 0 Å². The first kappa shape index (κ1) is 13.3. The molecule has 0 saturated carbocycles. The van der Waals surface area contributed by atoms with Crippen LogP contribution in [-0.2, 0) is 5.41 Å². The molecule has 5 heteroatoms. The van der Waals surface area contributed by atoms with Gasteiger partial charge in [-0.25, -0.2) is 0 Å². The van der Waals surface area contributed by atoms with E-state index < -0.39 is 0 Å². The van der Waals surface area contributed by atoms with Crippen LogP contribution in [0.25, 0.3) is 0 Å². The molecule has 1 fully saturated rings. The molecule has 1 aromatic heterocycles. The molecule has 1 saturated heterocycles. The Morgan fingerprint density at radius 2 is 2.05 bits per heavy atom. The number of nitrogens with one attached hydrogen (secondary N) is 1. The summed E-state index contributed by atoms with van der Waals surface area (Å²) < 4.78 is 5.37. The number of rotatable bonds is 3. The smallest absolute Gasteiger partial charge is 0.243 e. The molecule has 2 atom stereocenters. The molecular weight excluding hydrogens is 254 g/mol. The van der Waals surface area contributed by atoms with Gasteiger partial charge in [-0.3, -0.25) is 0 Å². The third kappa shape index (κ3) is 2.34. The van der Waals surface area contributed by atoms with Crippen LogP contribution in [0.3, 0.4) is 0 Å². The molecule has 0 bridgehead atoms. The summed E-state index contributed by atoms with van der Waals surface area (Å²) in [6.45, 7) is 4.73. The number of hydrogen-bond donors (Lipinski definition) is 2. The Morgan fingerprint density at radius 1 is 1.30 bits per heavy atom. The van der Waals surface area contributed by atoms with Crippen LogP contribution in [0, 0.1) is 0 Å². The highest BCUT2D eigenvalue weighted by Crippen LogP contribution is 2.31. The number of hydrogen-bond acceptors (Lipinski definition) is 5. The zero-order valence-electron chi connectivity index (χ0n) is 11.7. The summed E-state index contributed by atoms with van der Waals surface area (Å²) in [6.07, 6.45) is 0.283. The number of nitrogens with zero attached hydrogens (tertiary/aromatic N) is 2. The maximum absolute atomic E-state index is 9.55. The third-order valence-electron chi connectivity index (χ3n) is 3.90. The largest absolute Gasteiger partial charge is 0.392 e. The van der Waals surface area contributed by atoms with Crippen molar-refractivity contribution in [1.82, 2.24) is 15.5 Å². The lowest BCUT2D eigenvalue weighted by molar-refractivity contribution is 0.191. The van der Waals surface area contributed by atoms with Gasteiger partial charge in [-0.05, 0) is 25.8 Å². The zero-order valence-corrected chi connectivity index (χ0v) is 11.7. The van der Waals surface area contributed by atoms with E-state index >= 15 is 0 Å². The van der Waals surface area contributed by atoms with E-state index in [0.717, 1.165) is 5.56 Å². The molecule has 1 aromatic carbocycles. The SMILES string of the molecule is CC(C)(c1ccccc1)c1noc(C2CC(O)CN2)n1. The van der Waals surface area contributed by atoms with Gasteiger partial charge in [0.05, 0.1) is 17.6 Å². The fourth-order valence-corrected chi connectivity index (χ4v) is 2.52. The van der Waals surface area contributed by atoms with Crippen LogP contribution in [0.4, 0.5) is 0 Å². The third-order valence-corrected chi connectivity index (χ3v) is 3.90.